The smallest absolute Gasteiger partial charge is 0.259 e. The number of hydrogen-bond acceptors (Lipinski definition) is 6. The van der Waals surface area contributed by atoms with E-state index in [0.717, 1.165) is 42.3 Å². The van der Waals surface area contributed by atoms with Crippen LogP contribution in [0.25, 0.3) is 10.2 Å². The molecule has 2 aliphatic rings. The first-order chi connectivity index (χ1) is 13.0. The first kappa shape index (κ1) is 19.1. The quantitative estimate of drug-likeness (QED) is 0.723. The molecular weight excluding hydrogens is 362 g/mol. The summed E-state index contributed by atoms with van der Waals surface area (Å²) in [5.74, 6) is 1.39. The van der Waals surface area contributed by atoms with Gasteiger partial charge in [-0.15, -0.1) is 11.3 Å². The van der Waals surface area contributed by atoms with Crippen LogP contribution in [0.15, 0.2) is 4.79 Å². The van der Waals surface area contributed by atoms with Crippen molar-refractivity contribution < 1.29 is 9.84 Å². The van der Waals surface area contributed by atoms with Gasteiger partial charge >= 0.3 is 0 Å². The minimum Gasteiger partial charge on any atom is -0.389 e. The van der Waals surface area contributed by atoms with Crippen molar-refractivity contribution in [3.63, 3.8) is 0 Å². The van der Waals surface area contributed by atoms with Crippen molar-refractivity contribution in [2.45, 2.75) is 64.6 Å². The zero-order valence-electron chi connectivity index (χ0n) is 16.2. The van der Waals surface area contributed by atoms with Crippen LogP contribution in [-0.4, -0.2) is 51.9 Å². The number of thiophene rings is 1. The lowest BCUT2D eigenvalue weighted by molar-refractivity contribution is 0.0174. The van der Waals surface area contributed by atoms with Crippen LogP contribution in [0, 0.1) is 5.92 Å². The molecule has 0 radical (unpaired) electrons. The molecule has 2 heterocycles. The maximum Gasteiger partial charge on any atom is 0.259 e. The average Bonchev–Trinajstić information content (AvgIpc) is 3.40. The highest BCUT2D eigenvalue weighted by atomic mass is 32.1. The molecule has 2 atom stereocenters. The molecule has 148 valence electrons. The second-order valence-electron chi connectivity index (χ2n) is 8.02. The summed E-state index contributed by atoms with van der Waals surface area (Å²) >= 11 is 1.69. The minimum absolute atomic E-state index is 0.00679. The maximum absolute atomic E-state index is 12.8. The molecule has 2 aromatic heterocycles. The van der Waals surface area contributed by atoms with E-state index in [4.69, 9.17) is 9.72 Å². The molecule has 0 bridgehead atoms. The zero-order chi connectivity index (χ0) is 19.0. The molecule has 2 unspecified atom stereocenters. The highest BCUT2D eigenvalue weighted by Crippen LogP contribution is 2.36. The number of nitrogens with one attached hydrogen (secondary N) is 1. The van der Waals surface area contributed by atoms with Crippen molar-refractivity contribution in [1.29, 1.82) is 0 Å². The fraction of sp³-hybridized carbons (Fsp3) is 0.700. The van der Waals surface area contributed by atoms with Crippen molar-refractivity contribution in [3.05, 3.63) is 26.6 Å². The summed E-state index contributed by atoms with van der Waals surface area (Å²) in [4.78, 5) is 25.0. The van der Waals surface area contributed by atoms with Crippen LogP contribution in [-0.2, 0) is 24.1 Å². The van der Waals surface area contributed by atoms with Crippen molar-refractivity contribution in [3.8, 4) is 0 Å². The topological polar surface area (TPSA) is 78.5 Å². The van der Waals surface area contributed by atoms with Crippen LogP contribution in [0.5, 0.6) is 0 Å². The van der Waals surface area contributed by atoms with Gasteiger partial charge in [0.15, 0.2) is 0 Å². The first-order valence-electron chi connectivity index (χ1n) is 10.1. The summed E-state index contributed by atoms with van der Waals surface area (Å²) in [7, 11) is 0. The Morgan fingerprint density at radius 3 is 2.96 bits per heavy atom. The molecule has 0 saturated heterocycles. The van der Waals surface area contributed by atoms with Gasteiger partial charge in [0.25, 0.3) is 5.56 Å². The van der Waals surface area contributed by atoms with Crippen molar-refractivity contribution in [1.82, 2.24) is 14.9 Å². The lowest BCUT2D eigenvalue weighted by Gasteiger charge is -2.24. The summed E-state index contributed by atoms with van der Waals surface area (Å²) in [6.45, 7) is 6.27. The molecule has 7 heteroatoms. The monoisotopic (exact) mass is 391 g/mol. The predicted molar refractivity (Wildman–Crippen MR) is 107 cm³/mol. The van der Waals surface area contributed by atoms with Gasteiger partial charge in [0.05, 0.1) is 24.6 Å². The molecule has 0 aromatic carbocycles. The Balaban J connectivity index is 1.55. The number of ether oxygens (including phenoxy) is 1. The summed E-state index contributed by atoms with van der Waals surface area (Å²) in [6, 6.07) is 0.472. The van der Waals surface area contributed by atoms with Gasteiger partial charge in [-0.25, -0.2) is 4.98 Å². The summed E-state index contributed by atoms with van der Waals surface area (Å²) in [6.07, 6.45) is 4.95. The van der Waals surface area contributed by atoms with Gasteiger partial charge in [0.1, 0.15) is 10.7 Å². The molecule has 27 heavy (non-hydrogen) atoms. The van der Waals surface area contributed by atoms with Gasteiger partial charge in [-0.1, -0.05) is 6.92 Å². The van der Waals surface area contributed by atoms with E-state index in [0.29, 0.717) is 44.1 Å². The van der Waals surface area contributed by atoms with Crippen LogP contribution in [0.3, 0.4) is 0 Å². The minimum atomic E-state index is -0.517. The van der Waals surface area contributed by atoms with Gasteiger partial charge in [-0.3, -0.25) is 9.69 Å². The third kappa shape index (κ3) is 4.26. The molecule has 0 amide bonds. The predicted octanol–water partition coefficient (Wildman–Crippen LogP) is 2.47. The van der Waals surface area contributed by atoms with Crippen LogP contribution >= 0.6 is 11.3 Å². The van der Waals surface area contributed by atoms with Crippen LogP contribution in [0.1, 0.15) is 49.4 Å². The van der Waals surface area contributed by atoms with Crippen LogP contribution in [0.4, 0.5) is 0 Å². The standard InChI is InChI=1S/C20H29N3O3S/c1-3-26-11-14(24)9-23(13-5-6-13)10-17-21-19(25)18-15-7-4-12(2)8-16(15)27-20(18)22-17/h12-14,24H,3-11H2,1-2H3,(H,21,22,25). The Bertz CT molecular complexity index is 858. The summed E-state index contributed by atoms with van der Waals surface area (Å²) in [5, 5.41) is 11.0. The van der Waals surface area contributed by atoms with E-state index >= 15 is 0 Å². The number of hydrogen-bond donors (Lipinski definition) is 2. The second kappa shape index (κ2) is 7.99. The molecule has 1 fully saturated rings. The molecule has 6 nitrogen and oxygen atoms in total. The third-order valence-corrected chi connectivity index (χ3v) is 6.74. The van der Waals surface area contributed by atoms with E-state index in [-0.39, 0.29) is 5.56 Å². The number of aromatic nitrogens is 2. The lowest BCUT2D eigenvalue weighted by Crippen LogP contribution is -2.37. The zero-order valence-corrected chi connectivity index (χ0v) is 17.0. The molecule has 0 spiro atoms. The van der Waals surface area contributed by atoms with Crippen molar-refractivity contribution in [2.75, 3.05) is 19.8 Å². The average molecular weight is 392 g/mol. The maximum atomic E-state index is 12.8. The van der Waals surface area contributed by atoms with Gasteiger partial charge < -0.3 is 14.8 Å². The third-order valence-electron chi connectivity index (χ3n) is 5.59. The molecular formula is C20H29N3O3S. The van der Waals surface area contributed by atoms with Crippen molar-refractivity contribution in [2.24, 2.45) is 5.92 Å². The van der Waals surface area contributed by atoms with Gasteiger partial charge in [-0.05, 0) is 50.5 Å². The fourth-order valence-electron chi connectivity index (χ4n) is 4.02. The Kier molecular flexibility index (Phi) is 5.64. The van der Waals surface area contributed by atoms with Crippen molar-refractivity contribution >= 4 is 21.6 Å². The normalized spacial score (nSPS) is 21.0. The van der Waals surface area contributed by atoms with Gasteiger partial charge in [0.2, 0.25) is 0 Å². The number of aromatic amines is 1. The van der Waals surface area contributed by atoms with E-state index in [1.165, 1.54) is 10.4 Å². The lowest BCUT2D eigenvalue weighted by atomic mass is 9.89. The van der Waals surface area contributed by atoms with Crippen LogP contribution in [0.2, 0.25) is 0 Å². The number of H-pyrrole nitrogens is 1. The van der Waals surface area contributed by atoms with E-state index < -0.39 is 6.10 Å². The van der Waals surface area contributed by atoms with E-state index in [1.54, 1.807) is 11.3 Å². The van der Waals surface area contributed by atoms with E-state index in [9.17, 15) is 9.90 Å². The molecule has 0 aliphatic heterocycles. The molecule has 2 N–H and O–H groups in total. The van der Waals surface area contributed by atoms with E-state index in [2.05, 4.69) is 16.8 Å². The summed E-state index contributed by atoms with van der Waals surface area (Å²) in [5.41, 5.74) is 1.22. The number of fused-ring (bicyclic) bond motifs is 3. The molecule has 1 saturated carbocycles. The van der Waals surface area contributed by atoms with Crippen LogP contribution < -0.4 is 5.56 Å². The molecule has 2 aromatic rings. The molecule has 2 aliphatic carbocycles. The highest BCUT2D eigenvalue weighted by Gasteiger charge is 2.31. The second-order valence-corrected chi connectivity index (χ2v) is 9.10. The van der Waals surface area contributed by atoms with E-state index in [1.807, 2.05) is 6.92 Å². The summed E-state index contributed by atoms with van der Waals surface area (Å²) < 4.78 is 5.33. The SMILES string of the molecule is CCOCC(O)CN(Cc1nc2sc3c(c2c(=O)[nH]1)CCC(C)C3)C1CC1. The van der Waals surface area contributed by atoms with Gasteiger partial charge in [-0.2, -0.15) is 0 Å². The Labute approximate surface area is 163 Å². The number of aryl methyl sites for hydroxylation is 1. The Hall–Kier alpha value is -1.28. The Morgan fingerprint density at radius 2 is 2.22 bits per heavy atom. The fourth-order valence-corrected chi connectivity index (χ4v) is 5.42. The first-order valence-corrected chi connectivity index (χ1v) is 10.9. The van der Waals surface area contributed by atoms with Gasteiger partial charge in [0, 0.05) is 24.1 Å². The number of aliphatic hydroxyl groups is 1. The number of nitrogens with zero attached hydrogens (tertiary/aromatic N) is 2. The number of aliphatic hydroxyl groups excluding tert-OH is 1. The molecule has 4 rings (SSSR count). The Morgan fingerprint density at radius 1 is 1.41 bits per heavy atom. The largest absolute Gasteiger partial charge is 0.389 e. The number of rotatable bonds is 8. The highest BCUT2D eigenvalue weighted by molar-refractivity contribution is 7.18.